The number of nitrogens with two attached hydrogens (primary N) is 1. The van der Waals surface area contributed by atoms with E-state index in [1.54, 1.807) is 4.90 Å². The Morgan fingerprint density at radius 2 is 1.82 bits per heavy atom. The fourth-order valence-corrected chi connectivity index (χ4v) is 4.24. The third kappa shape index (κ3) is 4.34. The van der Waals surface area contributed by atoms with Gasteiger partial charge in [0.25, 0.3) is 0 Å². The van der Waals surface area contributed by atoms with Crippen molar-refractivity contribution in [3.05, 3.63) is 73.6 Å². The molecule has 174 valence electrons. The highest BCUT2D eigenvalue weighted by molar-refractivity contribution is 5.98. The van der Waals surface area contributed by atoms with Crippen LogP contribution in [0.15, 0.2) is 73.6 Å². The van der Waals surface area contributed by atoms with Crippen molar-refractivity contribution in [1.29, 1.82) is 0 Å². The summed E-state index contributed by atoms with van der Waals surface area (Å²) in [5.74, 6) is 1.80. The van der Waals surface area contributed by atoms with Gasteiger partial charge in [-0.1, -0.05) is 32.2 Å². The zero-order chi connectivity index (χ0) is 22.8. The van der Waals surface area contributed by atoms with Crippen LogP contribution >= 0.6 is 0 Å². The normalized spacial score (nSPS) is 15.5. The highest BCUT2D eigenvalue weighted by Crippen LogP contribution is 2.34. The topological polar surface area (TPSA) is 99.2 Å². The summed E-state index contributed by atoms with van der Waals surface area (Å²) >= 11 is 0. The van der Waals surface area contributed by atoms with Crippen molar-refractivity contribution in [3.63, 3.8) is 0 Å². The minimum Gasteiger partial charge on any atom is -0.457 e. The number of aromatic nitrogens is 4. The maximum atomic E-state index is 12.2. The van der Waals surface area contributed by atoms with Crippen LogP contribution < -0.4 is 10.5 Å². The van der Waals surface area contributed by atoms with E-state index in [2.05, 4.69) is 16.5 Å². The number of benzene rings is 2. The number of para-hydroxylation sites is 1. The predicted octanol–water partition coefficient (Wildman–Crippen LogP) is 4.85. The number of piperidine rings is 1. The van der Waals surface area contributed by atoms with E-state index in [1.807, 2.05) is 59.3 Å². The molecule has 0 unspecified atom stereocenters. The van der Waals surface area contributed by atoms with Crippen LogP contribution in [0.2, 0.25) is 0 Å². The monoisotopic (exact) mass is 456 g/mol. The Morgan fingerprint density at radius 1 is 1.09 bits per heavy atom. The Morgan fingerprint density at radius 3 is 2.56 bits per heavy atom. The summed E-state index contributed by atoms with van der Waals surface area (Å²) < 4.78 is 7.79. The number of nitrogens with zero attached hydrogens (tertiary/aromatic N) is 5. The lowest BCUT2D eigenvalue weighted by atomic mass is 10.1. The lowest BCUT2D eigenvalue weighted by Crippen LogP contribution is -2.40. The highest BCUT2D eigenvalue weighted by Gasteiger charge is 2.28. The van der Waals surface area contributed by atoms with Crippen LogP contribution in [0.4, 0.5) is 5.82 Å². The number of anilines is 1. The largest absolute Gasteiger partial charge is 0.457 e. The number of rotatable bonds is 5. The standard InChI is InChI=1S/C25H24N6O2.CH4/c1-2-21(32)30-14-6-7-18(15-30)31-25-22(24(26)27-16-28-25)23(29-31)17-10-12-20(13-11-17)33-19-8-4-3-5-9-19;/h2-5,8-13,16,18H,1,6-7,14-15H2,(H2,26,27,28);1H4/t18-;/m1./s1. The summed E-state index contributed by atoms with van der Waals surface area (Å²) in [7, 11) is 0. The molecule has 1 amide bonds. The summed E-state index contributed by atoms with van der Waals surface area (Å²) in [6.07, 6.45) is 4.58. The summed E-state index contributed by atoms with van der Waals surface area (Å²) in [5, 5.41) is 5.62. The summed E-state index contributed by atoms with van der Waals surface area (Å²) in [6, 6.07) is 17.3. The van der Waals surface area contributed by atoms with E-state index in [0.29, 0.717) is 35.6 Å². The predicted molar refractivity (Wildman–Crippen MR) is 133 cm³/mol. The fraction of sp³-hybridized carbons (Fsp3) is 0.231. The molecule has 1 aliphatic rings. The minimum atomic E-state index is -0.0699. The van der Waals surface area contributed by atoms with Crippen LogP contribution in [0, 0.1) is 0 Å². The molecule has 4 aromatic rings. The molecule has 0 saturated carbocycles. The van der Waals surface area contributed by atoms with Gasteiger partial charge in [0.05, 0.1) is 11.4 Å². The molecule has 5 rings (SSSR count). The molecular formula is C26H28N6O2. The second-order valence-corrected chi connectivity index (χ2v) is 7.97. The van der Waals surface area contributed by atoms with Crippen LogP contribution in [0.3, 0.4) is 0 Å². The number of carbonyl (C=O) groups is 1. The first-order valence-electron chi connectivity index (χ1n) is 10.9. The number of hydrogen-bond acceptors (Lipinski definition) is 6. The molecular weight excluding hydrogens is 428 g/mol. The quantitative estimate of drug-likeness (QED) is 0.431. The Bertz CT molecular complexity index is 1300. The molecule has 0 bridgehead atoms. The molecule has 0 radical (unpaired) electrons. The molecule has 1 fully saturated rings. The first kappa shape index (κ1) is 23.0. The summed E-state index contributed by atoms with van der Waals surface area (Å²) in [5.41, 5.74) is 8.52. The van der Waals surface area contributed by atoms with Crippen molar-refractivity contribution < 1.29 is 9.53 Å². The van der Waals surface area contributed by atoms with Crippen LogP contribution in [-0.4, -0.2) is 43.6 Å². The molecule has 0 aliphatic carbocycles. The Hall–Kier alpha value is -4.20. The van der Waals surface area contributed by atoms with Crippen molar-refractivity contribution in [2.45, 2.75) is 26.3 Å². The number of nitrogen functional groups attached to an aromatic ring is 1. The van der Waals surface area contributed by atoms with E-state index in [1.165, 1.54) is 12.4 Å². The van der Waals surface area contributed by atoms with Gasteiger partial charge in [0, 0.05) is 18.7 Å². The average molecular weight is 457 g/mol. The molecule has 2 aromatic carbocycles. The second kappa shape index (κ2) is 9.74. The number of carbonyl (C=O) groups excluding carboxylic acids is 1. The van der Waals surface area contributed by atoms with E-state index in [9.17, 15) is 4.79 Å². The fourth-order valence-electron chi connectivity index (χ4n) is 4.24. The van der Waals surface area contributed by atoms with Gasteiger partial charge in [-0.25, -0.2) is 14.6 Å². The number of likely N-dealkylation sites (tertiary alicyclic amines) is 1. The van der Waals surface area contributed by atoms with Crippen LogP contribution in [0.1, 0.15) is 26.3 Å². The van der Waals surface area contributed by atoms with E-state index in [4.69, 9.17) is 15.6 Å². The third-order valence-electron chi connectivity index (χ3n) is 5.85. The van der Waals surface area contributed by atoms with E-state index in [0.717, 1.165) is 29.9 Å². The van der Waals surface area contributed by atoms with E-state index >= 15 is 0 Å². The molecule has 3 heterocycles. The van der Waals surface area contributed by atoms with Crippen molar-refractivity contribution in [1.82, 2.24) is 24.6 Å². The molecule has 8 nitrogen and oxygen atoms in total. The van der Waals surface area contributed by atoms with Gasteiger partial charge in [-0.3, -0.25) is 4.79 Å². The van der Waals surface area contributed by atoms with Gasteiger partial charge in [0.2, 0.25) is 5.91 Å². The van der Waals surface area contributed by atoms with Gasteiger partial charge in [0.1, 0.15) is 29.3 Å². The molecule has 2 aromatic heterocycles. The lowest BCUT2D eigenvalue weighted by Gasteiger charge is -2.32. The van der Waals surface area contributed by atoms with E-state index in [-0.39, 0.29) is 19.4 Å². The zero-order valence-corrected chi connectivity index (χ0v) is 18.1. The molecule has 1 atom stereocenters. The van der Waals surface area contributed by atoms with Gasteiger partial charge >= 0.3 is 0 Å². The second-order valence-electron chi connectivity index (χ2n) is 7.97. The molecule has 2 N–H and O–H groups in total. The smallest absolute Gasteiger partial charge is 0.246 e. The SMILES string of the molecule is C.C=CC(=O)N1CCC[C@@H](n2nc(-c3ccc(Oc4ccccc4)cc3)c3c(N)ncnc32)C1. The van der Waals surface area contributed by atoms with Crippen molar-refractivity contribution in [3.8, 4) is 22.8 Å². The third-order valence-corrected chi connectivity index (χ3v) is 5.85. The first-order chi connectivity index (χ1) is 16.1. The summed E-state index contributed by atoms with van der Waals surface area (Å²) in [4.78, 5) is 22.7. The van der Waals surface area contributed by atoms with Crippen LogP contribution in [0.5, 0.6) is 11.5 Å². The number of fused-ring (bicyclic) bond motifs is 1. The lowest BCUT2D eigenvalue weighted by molar-refractivity contribution is -0.127. The zero-order valence-electron chi connectivity index (χ0n) is 18.1. The number of ether oxygens (including phenoxy) is 1. The summed E-state index contributed by atoms with van der Waals surface area (Å²) in [6.45, 7) is 4.88. The molecule has 1 aliphatic heterocycles. The van der Waals surface area contributed by atoms with Crippen molar-refractivity contribution >= 4 is 22.8 Å². The highest BCUT2D eigenvalue weighted by atomic mass is 16.5. The van der Waals surface area contributed by atoms with Gasteiger partial charge in [0.15, 0.2) is 5.65 Å². The maximum Gasteiger partial charge on any atom is 0.246 e. The maximum absolute atomic E-state index is 12.2. The Labute approximate surface area is 198 Å². The first-order valence-corrected chi connectivity index (χ1v) is 10.9. The van der Waals surface area contributed by atoms with Gasteiger partial charge in [-0.2, -0.15) is 5.10 Å². The van der Waals surface area contributed by atoms with Gasteiger partial charge in [-0.05, 0) is 55.3 Å². The molecule has 1 saturated heterocycles. The minimum absolute atomic E-state index is 0. The molecule has 8 heteroatoms. The van der Waals surface area contributed by atoms with Gasteiger partial charge < -0.3 is 15.4 Å². The van der Waals surface area contributed by atoms with Crippen LogP contribution in [-0.2, 0) is 4.79 Å². The van der Waals surface area contributed by atoms with E-state index < -0.39 is 0 Å². The van der Waals surface area contributed by atoms with Crippen molar-refractivity contribution in [2.75, 3.05) is 18.8 Å². The number of amides is 1. The molecule has 34 heavy (non-hydrogen) atoms. The Balaban J connectivity index is 0.00000274. The average Bonchev–Trinajstić information content (AvgIpc) is 3.26. The number of hydrogen-bond donors (Lipinski definition) is 1. The van der Waals surface area contributed by atoms with Gasteiger partial charge in [-0.15, -0.1) is 0 Å². The molecule has 0 spiro atoms. The van der Waals surface area contributed by atoms with Crippen LogP contribution in [0.25, 0.3) is 22.3 Å². The van der Waals surface area contributed by atoms with Crippen molar-refractivity contribution in [2.24, 2.45) is 0 Å². The Kier molecular flexibility index (Phi) is 6.58.